The zero-order chi connectivity index (χ0) is 15.0. The Kier molecular flexibility index (Phi) is 3.34. The Labute approximate surface area is 124 Å². The van der Waals surface area contributed by atoms with Gasteiger partial charge in [-0.2, -0.15) is 0 Å². The Morgan fingerprint density at radius 3 is 2.33 bits per heavy atom. The quantitative estimate of drug-likeness (QED) is 0.759. The average Bonchev–Trinajstić information content (AvgIpc) is 2.45. The largest absolute Gasteiger partial charge is 0.383 e. The zero-order valence-electron chi connectivity index (χ0n) is 12.6. The van der Waals surface area contributed by atoms with E-state index in [0.29, 0.717) is 17.6 Å². The Balaban J connectivity index is 2.14. The summed E-state index contributed by atoms with van der Waals surface area (Å²) in [5.74, 6) is 1.61. The lowest BCUT2D eigenvalue weighted by atomic mass is 10.0. The van der Waals surface area contributed by atoms with Gasteiger partial charge in [-0.15, -0.1) is 0 Å². The van der Waals surface area contributed by atoms with E-state index in [-0.39, 0.29) is 0 Å². The molecule has 0 atom stereocenters. The van der Waals surface area contributed by atoms with Crippen LogP contribution in [0, 0.1) is 6.92 Å². The lowest BCUT2D eigenvalue weighted by molar-refractivity contribution is 0.836. The van der Waals surface area contributed by atoms with Gasteiger partial charge in [0.15, 0.2) is 5.82 Å². The predicted octanol–water partition coefficient (Wildman–Crippen LogP) is 4.31. The first kappa shape index (κ1) is 13.6. The highest BCUT2D eigenvalue weighted by atomic mass is 15.0. The summed E-state index contributed by atoms with van der Waals surface area (Å²) < 4.78 is 0. The van der Waals surface area contributed by atoms with E-state index in [1.165, 1.54) is 10.8 Å². The van der Waals surface area contributed by atoms with Crippen LogP contribution in [0.4, 0.5) is 5.82 Å². The third-order valence-electron chi connectivity index (χ3n) is 3.75. The van der Waals surface area contributed by atoms with E-state index >= 15 is 0 Å². The number of aromatic nitrogens is 2. The maximum Gasteiger partial charge on any atom is 0.161 e. The van der Waals surface area contributed by atoms with Gasteiger partial charge in [-0.25, -0.2) is 9.97 Å². The third kappa shape index (κ3) is 2.47. The second-order valence-electron chi connectivity index (χ2n) is 5.65. The first-order chi connectivity index (χ1) is 10.1. The van der Waals surface area contributed by atoms with Gasteiger partial charge < -0.3 is 5.73 Å². The van der Waals surface area contributed by atoms with Crippen LogP contribution in [0.2, 0.25) is 0 Å². The fourth-order valence-electron chi connectivity index (χ4n) is 2.77. The van der Waals surface area contributed by atoms with Crippen molar-refractivity contribution in [2.45, 2.75) is 26.7 Å². The topological polar surface area (TPSA) is 51.8 Å². The summed E-state index contributed by atoms with van der Waals surface area (Å²) in [6, 6.07) is 14.5. The molecule has 106 valence electrons. The molecular weight excluding hydrogens is 258 g/mol. The molecule has 3 aromatic rings. The van der Waals surface area contributed by atoms with Crippen LogP contribution in [0.3, 0.4) is 0 Å². The molecule has 0 aliphatic carbocycles. The molecule has 0 bridgehead atoms. The van der Waals surface area contributed by atoms with E-state index in [1.807, 2.05) is 25.1 Å². The van der Waals surface area contributed by atoms with Crippen LogP contribution in [0.25, 0.3) is 22.2 Å². The summed E-state index contributed by atoms with van der Waals surface area (Å²) in [5, 5.41) is 2.40. The van der Waals surface area contributed by atoms with Gasteiger partial charge >= 0.3 is 0 Å². The Morgan fingerprint density at radius 1 is 0.952 bits per heavy atom. The standard InChI is InChI=1S/C18H19N3/c1-11(2)16-12(3)20-18(21-17(16)19)15-9-8-13-6-4-5-7-14(13)10-15/h4-11H,1-3H3,(H2,19,20,21). The van der Waals surface area contributed by atoms with Crippen LogP contribution in [-0.2, 0) is 0 Å². The van der Waals surface area contributed by atoms with Crippen LogP contribution in [0.1, 0.15) is 31.0 Å². The van der Waals surface area contributed by atoms with Gasteiger partial charge in [0.1, 0.15) is 5.82 Å². The Bertz CT molecular complexity index is 783. The SMILES string of the molecule is Cc1nc(-c2ccc3ccccc3c2)nc(N)c1C(C)C. The zero-order valence-corrected chi connectivity index (χ0v) is 12.6. The molecule has 21 heavy (non-hydrogen) atoms. The van der Waals surface area contributed by atoms with Crippen molar-refractivity contribution in [3.63, 3.8) is 0 Å². The lowest BCUT2D eigenvalue weighted by Gasteiger charge is -2.13. The van der Waals surface area contributed by atoms with Crippen LogP contribution >= 0.6 is 0 Å². The molecule has 3 rings (SSSR count). The molecule has 0 amide bonds. The summed E-state index contributed by atoms with van der Waals surface area (Å²) in [7, 11) is 0. The van der Waals surface area contributed by atoms with Crippen molar-refractivity contribution in [1.82, 2.24) is 9.97 Å². The van der Waals surface area contributed by atoms with Crippen molar-refractivity contribution in [1.29, 1.82) is 0 Å². The molecular formula is C18H19N3. The van der Waals surface area contributed by atoms with E-state index in [9.17, 15) is 0 Å². The van der Waals surface area contributed by atoms with Gasteiger partial charge in [-0.1, -0.05) is 50.2 Å². The maximum atomic E-state index is 6.12. The number of nitrogens with two attached hydrogens (primary N) is 1. The van der Waals surface area contributed by atoms with E-state index in [4.69, 9.17) is 5.73 Å². The first-order valence-electron chi connectivity index (χ1n) is 7.19. The molecule has 2 N–H and O–H groups in total. The normalized spacial score (nSPS) is 11.2. The number of aryl methyl sites for hydroxylation is 1. The number of rotatable bonds is 2. The highest BCUT2D eigenvalue weighted by molar-refractivity contribution is 5.86. The summed E-state index contributed by atoms with van der Waals surface area (Å²) in [6.45, 7) is 6.22. The van der Waals surface area contributed by atoms with E-state index < -0.39 is 0 Å². The molecule has 2 aromatic carbocycles. The van der Waals surface area contributed by atoms with Gasteiger partial charge in [0, 0.05) is 16.8 Å². The van der Waals surface area contributed by atoms with Crippen molar-refractivity contribution in [2.24, 2.45) is 0 Å². The molecule has 0 fully saturated rings. The van der Waals surface area contributed by atoms with Crippen LogP contribution in [-0.4, -0.2) is 9.97 Å². The molecule has 1 heterocycles. The van der Waals surface area contributed by atoms with E-state index in [0.717, 1.165) is 16.8 Å². The summed E-state index contributed by atoms with van der Waals surface area (Å²) >= 11 is 0. The molecule has 0 aliphatic heterocycles. The average molecular weight is 277 g/mol. The fraction of sp³-hybridized carbons (Fsp3) is 0.222. The lowest BCUT2D eigenvalue weighted by Crippen LogP contribution is -2.06. The van der Waals surface area contributed by atoms with Crippen LogP contribution < -0.4 is 5.73 Å². The van der Waals surface area contributed by atoms with Crippen LogP contribution in [0.15, 0.2) is 42.5 Å². The third-order valence-corrected chi connectivity index (χ3v) is 3.75. The van der Waals surface area contributed by atoms with Gasteiger partial charge in [0.25, 0.3) is 0 Å². The minimum Gasteiger partial charge on any atom is -0.383 e. The van der Waals surface area contributed by atoms with Gasteiger partial charge in [0.05, 0.1) is 0 Å². The van der Waals surface area contributed by atoms with Gasteiger partial charge in [-0.3, -0.25) is 0 Å². The number of benzene rings is 2. The van der Waals surface area contributed by atoms with Crippen LogP contribution in [0.5, 0.6) is 0 Å². The predicted molar refractivity (Wildman–Crippen MR) is 88.2 cm³/mol. The molecule has 1 aromatic heterocycles. The highest BCUT2D eigenvalue weighted by Gasteiger charge is 2.13. The number of hydrogen-bond donors (Lipinski definition) is 1. The van der Waals surface area contributed by atoms with Crippen molar-refractivity contribution in [3.8, 4) is 11.4 Å². The molecule has 0 unspecified atom stereocenters. The fourth-order valence-corrected chi connectivity index (χ4v) is 2.77. The minimum absolute atomic E-state index is 0.329. The molecule has 0 saturated heterocycles. The molecule has 0 radical (unpaired) electrons. The second-order valence-corrected chi connectivity index (χ2v) is 5.65. The number of nitrogen functional groups attached to an aromatic ring is 1. The molecule has 3 nitrogen and oxygen atoms in total. The Morgan fingerprint density at radius 2 is 1.67 bits per heavy atom. The highest BCUT2D eigenvalue weighted by Crippen LogP contribution is 2.27. The van der Waals surface area contributed by atoms with E-state index in [2.05, 4.69) is 48.1 Å². The van der Waals surface area contributed by atoms with Crippen molar-refractivity contribution in [3.05, 3.63) is 53.7 Å². The van der Waals surface area contributed by atoms with Gasteiger partial charge in [-0.05, 0) is 29.7 Å². The first-order valence-corrected chi connectivity index (χ1v) is 7.19. The molecule has 0 saturated carbocycles. The van der Waals surface area contributed by atoms with Crippen molar-refractivity contribution < 1.29 is 0 Å². The van der Waals surface area contributed by atoms with Gasteiger partial charge in [0.2, 0.25) is 0 Å². The molecule has 3 heteroatoms. The molecule has 0 spiro atoms. The number of hydrogen-bond acceptors (Lipinski definition) is 3. The minimum atomic E-state index is 0.329. The number of anilines is 1. The monoisotopic (exact) mass is 277 g/mol. The van der Waals surface area contributed by atoms with Crippen molar-refractivity contribution in [2.75, 3.05) is 5.73 Å². The number of nitrogens with zero attached hydrogens (tertiary/aromatic N) is 2. The summed E-state index contributed by atoms with van der Waals surface area (Å²) in [5.41, 5.74) is 9.12. The maximum absolute atomic E-state index is 6.12. The van der Waals surface area contributed by atoms with Crippen molar-refractivity contribution >= 4 is 16.6 Å². The summed E-state index contributed by atoms with van der Waals surface area (Å²) in [6.07, 6.45) is 0. The second kappa shape index (κ2) is 5.17. The van der Waals surface area contributed by atoms with E-state index in [1.54, 1.807) is 0 Å². The number of fused-ring (bicyclic) bond motifs is 1. The molecule has 0 aliphatic rings. The summed E-state index contributed by atoms with van der Waals surface area (Å²) in [4.78, 5) is 9.14. The smallest absolute Gasteiger partial charge is 0.161 e. The Hall–Kier alpha value is -2.42.